The quantitative estimate of drug-likeness (QED) is 0.626. The molecule has 1 aliphatic heterocycles. The predicted molar refractivity (Wildman–Crippen MR) is 90.3 cm³/mol. The Kier molecular flexibility index (Phi) is 6.43. The van der Waals surface area contributed by atoms with Crippen molar-refractivity contribution in [1.82, 2.24) is 9.55 Å². The van der Waals surface area contributed by atoms with E-state index in [1.807, 2.05) is 6.92 Å². The van der Waals surface area contributed by atoms with E-state index in [4.69, 9.17) is 11.2 Å². The molecule has 6 heteroatoms. The molecule has 0 radical (unpaired) electrons. The first-order valence-electron chi connectivity index (χ1n) is 8.18. The van der Waals surface area contributed by atoms with E-state index in [1.165, 1.54) is 10.8 Å². The number of unbranched alkanes of at least 4 members (excludes halogenated alkanes) is 3. The zero-order chi connectivity index (χ0) is 17.5. The smallest absolute Gasteiger partial charge is 0.330 e. The summed E-state index contributed by atoms with van der Waals surface area (Å²) >= 11 is 0. The van der Waals surface area contributed by atoms with Crippen molar-refractivity contribution in [2.24, 2.45) is 0 Å². The van der Waals surface area contributed by atoms with Gasteiger partial charge in [0.1, 0.15) is 11.8 Å². The summed E-state index contributed by atoms with van der Waals surface area (Å²) in [6.07, 6.45) is 9.14. The average molecular weight is 330 g/mol. The number of ether oxygens (including phenoxy) is 1. The Labute approximate surface area is 140 Å². The maximum absolute atomic E-state index is 12.0. The third-order valence-electron chi connectivity index (χ3n) is 3.98. The van der Waals surface area contributed by atoms with E-state index in [0.29, 0.717) is 25.7 Å². The SMILES string of the molecule is C#CCCCCC#Cc1cn([C@H]2C[C@@H](O)[C@@H](CC)O2)c(=O)[nH]c1=O. The summed E-state index contributed by atoms with van der Waals surface area (Å²) in [4.78, 5) is 26.1. The second kappa shape index (κ2) is 8.54. The molecule has 1 fully saturated rings. The van der Waals surface area contributed by atoms with Crippen LogP contribution in [0.25, 0.3) is 0 Å². The van der Waals surface area contributed by atoms with Crippen molar-refractivity contribution >= 4 is 0 Å². The number of hydrogen-bond acceptors (Lipinski definition) is 4. The number of nitrogens with one attached hydrogen (secondary N) is 1. The lowest BCUT2D eigenvalue weighted by molar-refractivity contribution is -0.0218. The number of nitrogens with zero attached hydrogens (tertiary/aromatic N) is 1. The van der Waals surface area contributed by atoms with E-state index >= 15 is 0 Å². The van der Waals surface area contributed by atoms with Crippen LogP contribution in [0.2, 0.25) is 0 Å². The maximum Gasteiger partial charge on any atom is 0.330 e. The molecular weight excluding hydrogens is 308 g/mol. The molecule has 128 valence electrons. The molecule has 3 atom stereocenters. The van der Waals surface area contributed by atoms with E-state index in [9.17, 15) is 14.7 Å². The maximum atomic E-state index is 12.0. The topological polar surface area (TPSA) is 84.3 Å². The van der Waals surface area contributed by atoms with Crippen LogP contribution >= 0.6 is 0 Å². The Morgan fingerprint density at radius 3 is 2.83 bits per heavy atom. The van der Waals surface area contributed by atoms with Gasteiger partial charge in [-0.05, 0) is 19.3 Å². The van der Waals surface area contributed by atoms with Gasteiger partial charge in [0, 0.05) is 25.5 Å². The van der Waals surface area contributed by atoms with Crippen molar-refractivity contribution in [3.8, 4) is 24.2 Å². The second-order valence-corrected chi connectivity index (χ2v) is 5.76. The van der Waals surface area contributed by atoms with Crippen molar-refractivity contribution in [1.29, 1.82) is 0 Å². The normalized spacial score (nSPS) is 22.6. The van der Waals surface area contributed by atoms with E-state index in [-0.39, 0.29) is 11.7 Å². The van der Waals surface area contributed by atoms with Crippen LogP contribution in [0.15, 0.2) is 15.8 Å². The van der Waals surface area contributed by atoms with Gasteiger partial charge in [0.2, 0.25) is 0 Å². The van der Waals surface area contributed by atoms with Crippen molar-refractivity contribution in [2.45, 2.75) is 63.9 Å². The minimum Gasteiger partial charge on any atom is -0.390 e. The van der Waals surface area contributed by atoms with Gasteiger partial charge in [-0.1, -0.05) is 18.8 Å². The van der Waals surface area contributed by atoms with E-state index in [0.717, 1.165) is 12.8 Å². The summed E-state index contributed by atoms with van der Waals surface area (Å²) in [5.41, 5.74) is -0.865. The van der Waals surface area contributed by atoms with Crippen LogP contribution in [0.1, 0.15) is 57.2 Å². The highest BCUT2D eigenvalue weighted by Gasteiger charge is 2.34. The standard InChI is InChI=1S/C18H22N2O4/c1-3-5-6-7-8-9-10-13-12-20(18(23)19-17(13)22)16-11-14(21)15(4-2)24-16/h1,12,14-16,21H,4-8,11H2,2H3,(H,19,22,23)/t14-,15-,16-/m1/s1. The molecule has 0 aliphatic carbocycles. The zero-order valence-electron chi connectivity index (χ0n) is 13.7. The van der Waals surface area contributed by atoms with Crippen molar-refractivity contribution < 1.29 is 9.84 Å². The van der Waals surface area contributed by atoms with Gasteiger partial charge < -0.3 is 9.84 Å². The lowest BCUT2D eigenvalue weighted by Gasteiger charge is -2.14. The molecule has 1 aromatic rings. The van der Waals surface area contributed by atoms with Gasteiger partial charge >= 0.3 is 5.69 Å². The Morgan fingerprint density at radius 1 is 1.42 bits per heavy atom. The van der Waals surface area contributed by atoms with E-state index < -0.39 is 23.6 Å². The third kappa shape index (κ3) is 4.38. The number of aromatic nitrogens is 2. The van der Waals surface area contributed by atoms with Crippen molar-refractivity contribution in [3.63, 3.8) is 0 Å². The molecule has 2 heterocycles. The first-order valence-corrected chi connectivity index (χ1v) is 8.18. The Morgan fingerprint density at radius 2 is 2.17 bits per heavy atom. The van der Waals surface area contributed by atoms with Crippen LogP contribution in [0.4, 0.5) is 0 Å². The number of aromatic amines is 1. The van der Waals surface area contributed by atoms with E-state index in [2.05, 4.69) is 22.7 Å². The molecular formula is C18H22N2O4. The van der Waals surface area contributed by atoms with Gasteiger partial charge in [-0.2, -0.15) is 0 Å². The minimum absolute atomic E-state index is 0.213. The molecule has 1 aliphatic rings. The molecule has 1 saturated heterocycles. The number of H-pyrrole nitrogens is 1. The average Bonchev–Trinajstić information content (AvgIpc) is 2.93. The largest absolute Gasteiger partial charge is 0.390 e. The lowest BCUT2D eigenvalue weighted by Crippen LogP contribution is -2.33. The van der Waals surface area contributed by atoms with Crippen LogP contribution in [0.3, 0.4) is 0 Å². The van der Waals surface area contributed by atoms with Gasteiger partial charge in [-0.25, -0.2) is 4.79 Å². The molecule has 6 nitrogen and oxygen atoms in total. The molecule has 0 saturated carbocycles. The van der Waals surface area contributed by atoms with Crippen LogP contribution in [-0.4, -0.2) is 26.9 Å². The predicted octanol–water partition coefficient (Wildman–Crippen LogP) is 1.14. The number of aliphatic hydroxyl groups is 1. The highest BCUT2D eigenvalue weighted by Crippen LogP contribution is 2.28. The Hall–Kier alpha value is -2.28. The van der Waals surface area contributed by atoms with Crippen LogP contribution in [-0.2, 0) is 4.74 Å². The van der Waals surface area contributed by atoms with Crippen molar-refractivity contribution in [2.75, 3.05) is 0 Å². The van der Waals surface area contributed by atoms with Gasteiger partial charge in [-0.3, -0.25) is 14.3 Å². The van der Waals surface area contributed by atoms with Gasteiger partial charge in [0.15, 0.2) is 0 Å². The monoisotopic (exact) mass is 330 g/mol. The summed E-state index contributed by atoms with van der Waals surface area (Å²) in [5, 5.41) is 9.93. The Bertz CT molecular complexity index is 775. The number of terminal acetylenes is 1. The molecule has 0 aromatic carbocycles. The van der Waals surface area contributed by atoms with Crippen LogP contribution < -0.4 is 11.2 Å². The minimum atomic E-state index is -0.621. The number of aliphatic hydroxyl groups excluding tert-OH is 1. The number of rotatable bonds is 5. The second-order valence-electron chi connectivity index (χ2n) is 5.76. The molecule has 2 N–H and O–H groups in total. The van der Waals surface area contributed by atoms with Crippen LogP contribution in [0.5, 0.6) is 0 Å². The molecule has 0 spiro atoms. The molecule has 0 amide bonds. The lowest BCUT2D eigenvalue weighted by atomic mass is 10.1. The Balaban J connectivity index is 2.15. The first-order chi connectivity index (χ1) is 11.6. The fourth-order valence-corrected chi connectivity index (χ4v) is 2.64. The molecule has 24 heavy (non-hydrogen) atoms. The van der Waals surface area contributed by atoms with Gasteiger partial charge in [-0.15, -0.1) is 12.3 Å². The van der Waals surface area contributed by atoms with E-state index in [1.54, 1.807) is 0 Å². The summed E-state index contributed by atoms with van der Waals surface area (Å²) < 4.78 is 6.97. The summed E-state index contributed by atoms with van der Waals surface area (Å²) in [7, 11) is 0. The molecule has 1 aromatic heterocycles. The summed E-state index contributed by atoms with van der Waals surface area (Å²) in [6.45, 7) is 1.91. The zero-order valence-corrected chi connectivity index (χ0v) is 13.7. The fourth-order valence-electron chi connectivity index (χ4n) is 2.64. The van der Waals surface area contributed by atoms with Gasteiger partial charge in [0.25, 0.3) is 5.56 Å². The van der Waals surface area contributed by atoms with Crippen LogP contribution in [0, 0.1) is 24.2 Å². The fraction of sp³-hybridized carbons (Fsp3) is 0.556. The highest BCUT2D eigenvalue weighted by atomic mass is 16.5. The highest BCUT2D eigenvalue weighted by molar-refractivity contribution is 5.29. The van der Waals surface area contributed by atoms with Gasteiger partial charge in [0.05, 0.1) is 12.2 Å². The molecule has 0 unspecified atom stereocenters. The van der Waals surface area contributed by atoms with Crippen molar-refractivity contribution in [3.05, 3.63) is 32.6 Å². The molecule has 0 bridgehead atoms. The molecule has 2 rings (SSSR count). The summed E-state index contributed by atoms with van der Waals surface area (Å²) in [6, 6.07) is 0. The number of hydrogen-bond donors (Lipinski definition) is 2. The summed E-state index contributed by atoms with van der Waals surface area (Å²) in [5.74, 6) is 8.28. The first kappa shape index (κ1) is 18.1. The third-order valence-corrected chi connectivity index (χ3v) is 3.98.